The van der Waals surface area contributed by atoms with E-state index in [2.05, 4.69) is 4.90 Å². The number of benzene rings is 1. The molecule has 1 aromatic carbocycles. The molecule has 142 valence electrons. The fourth-order valence-corrected chi connectivity index (χ4v) is 3.92. The van der Waals surface area contributed by atoms with Gasteiger partial charge in [0.15, 0.2) is 0 Å². The fraction of sp³-hybridized carbons (Fsp3) is 0.619. The summed E-state index contributed by atoms with van der Waals surface area (Å²) in [5.74, 6) is 1.22. The maximum Gasteiger partial charge on any atom is 0.253 e. The maximum absolute atomic E-state index is 12.8. The van der Waals surface area contributed by atoms with Crippen molar-refractivity contribution in [2.45, 2.75) is 45.4 Å². The minimum atomic E-state index is 0.0497. The average molecular weight is 358 g/mol. The van der Waals surface area contributed by atoms with Crippen LogP contribution in [0.3, 0.4) is 0 Å². The Morgan fingerprint density at radius 2 is 1.54 bits per heavy atom. The molecule has 5 nitrogen and oxygen atoms in total. The van der Waals surface area contributed by atoms with Gasteiger partial charge in [-0.3, -0.25) is 9.59 Å². The van der Waals surface area contributed by atoms with Gasteiger partial charge in [-0.15, -0.1) is 0 Å². The van der Waals surface area contributed by atoms with E-state index in [0.29, 0.717) is 31.2 Å². The maximum atomic E-state index is 12.8. The lowest BCUT2D eigenvalue weighted by molar-refractivity contribution is -0.136. The van der Waals surface area contributed by atoms with Crippen molar-refractivity contribution < 1.29 is 14.3 Å². The van der Waals surface area contributed by atoms with Gasteiger partial charge in [-0.1, -0.05) is 12.8 Å². The SMILES string of the molecule is CCOc1ccc(C(=O)N2CCC(C(=O)N3CCCCCC3)CC2)cc1. The Morgan fingerprint density at radius 1 is 0.923 bits per heavy atom. The number of nitrogens with zero attached hydrogens (tertiary/aromatic N) is 2. The molecule has 0 unspecified atom stereocenters. The highest BCUT2D eigenvalue weighted by Gasteiger charge is 2.30. The van der Waals surface area contributed by atoms with Crippen molar-refractivity contribution in [3.8, 4) is 5.75 Å². The average Bonchev–Trinajstić information content (AvgIpc) is 2.97. The van der Waals surface area contributed by atoms with Gasteiger partial charge in [0.2, 0.25) is 5.91 Å². The van der Waals surface area contributed by atoms with Gasteiger partial charge >= 0.3 is 0 Å². The molecule has 2 saturated heterocycles. The number of hydrogen-bond donors (Lipinski definition) is 0. The summed E-state index contributed by atoms with van der Waals surface area (Å²) in [6, 6.07) is 7.32. The number of rotatable bonds is 4. The Morgan fingerprint density at radius 3 is 2.12 bits per heavy atom. The van der Waals surface area contributed by atoms with Crippen molar-refractivity contribution in [1.29, 1.82) is 0 Å². The Labute approximate surface area is 156 Å². The van der Waals surface area contributed by atoms with Gasteiger partial charge in [0, 0.05) is 37.7 Å². The second-order valence-corrected chi connectivity index (χ2v) is 7.26. The van der Waals surface area contributed by atoms with E-state index >= 15 is 0 Å². The molecule has 0 aliphatic carbocycles. The molecule has 0 spiro atoms. The third kappa shape index (κ3) is 4.57. The van der Waals surface area contributed by atoms with Gasteiger partial charge in [0.05, 0.1) is 6.61 Å². The van der Waals surface area contributed by atoms with Crippen molar-refractivity contribution in [2.24, 2.45) is 5.92 Å². The smallest absolute Gasteiger partial charge is 0.253 e. The Balaban J connectivity index is 1.52. The summed E-state index contributed by atoms with van der Waals surface area (Å²) in [6.45, 7) is 5.70. The van der Waals surface area contributed by atoms with E-state index in [1.54, 1.807) is 0 Å². The second-order valence-electron chi connectivity index (χ2n) is 7.26. The third-order valence-corrected chi connectivity index (χ3v) is 5.46. The summed E-state index contributed by atoms with van der Waals surface area (Å²) in [6.07, 6.45) is 6.27. The molecule has 0 aromatic heterocycles. The molecule has 3 rings (SSSR count). The molecule has 2 aliphatic rings. The van der Waals surface area contributed by atoms with Crippen molar-refractivity contribution in [3.05, 3.63) is 29.8 Å². The van der Waals surface area contributed by atoms with Crippen molar-refractivity contribution >= 4 is 11.8 Å². The minimum absolute atomic E-state index is 0.0497. The van der Waals surface area contributed by atoms with Crippen molar-refractivity contribution in [2.75, 3.05) is 32.8 Å². The third-order valence-electron chi connectivity index (χ3n) is 5.46. The quantitative estimate of drug-likeness (QED) is 0.829. The van der Waals surface area contributed by atoms with Gasteiger partial charge in [-0.2, -0.15) is 0 Å². The van der Waals surface area contributed by atoms with Crippen LogP contribution in [0.15, 0.2) is 24.3 Å². The number of carbonyl (C=O) groups excluding carboxylic acids is 2. The van der Waals surface area contributed by atoms with Crippen LogP contribution < -0.4 is 4.74 Å². The van der Waals surface area contributed by atoms with Crippen LogP contribution >= 0.6 is 0 Å². The van der Waals surface area contributed by atoms with E-state index in [1.165, 1.54) is 12.8 Å². The minimum Gasteiger partial charge on any atom is -0.494 e. The van der Waals surface area contributed by atoms with Crippen LogP contribution in [0.5, 0.6) is 5.75 Å². The number of ether oxygens (including phenoxy) is 1. The molecular formula is C21H30N2O3. The molecule has 2 aliphatic heterocycles. The van der Waals surface area contributed by atoms with E-state index in [-0.39, 0.29) is 11.8 Å². The lowest BCUT2D eigenvalue weighted by Crippen LogP contribution is -2.44. The van der Waals surface area contributed by atoms with E-state index in [0.717, 1.165) is 44.5 Å². The van der Waals surface area contributed by atoms with Crippen LogP contribution in [0.25, 0.3) is 0 Å². The first kappa shape index (κ1) is 18.7. The number of carbonyl (C=O) groups is 2. The molecule has 0 bridgehead atoms. The molecule has 0 N–H and O–H groups in total. The van der Waals surface area contributed by atoms with Crippen LogP contribution in [0.4, 0.5) is 0 Å². The second kappa shape index (κ2) is 9.06. The highest BCUT2D eigenvalue weighted by Crippen LogP contribution is 2.23. The normalized spacial score (nSPS) is 19.1. The Bertz CT molecular complexity index is 598. The van der Waals surface area contributed by atoms with Gasteiger partial charge in [-0.25, -0.2) is 0 Å². The van der Waals surface area contributed by atoms with Crippen LogP contribution in [0, 0.1) is 5.92 Å². The van der Waals surface area contributed by atoms with Gasteiger partial charge < -0.3 is 14.5 Å². The van der Waals surface area contributed by atoms with Gasteiger partial charge in [0.1, 0.15) is 5.75 Å². The molecule has 5 heteroatoms. The van der Waals surface area contributed by atoms with Crippen LogP contribution in [0.1, 0.15) is 55.8 Å². The number of likely N-dealkylation sites (tertiary alicyclic amines) is 2. The van der Waals surface area contributed by atoms with E-state index in [4.69, 9.17) is 4.74 Å². The summed E-state index contributed by atoms with van der Waals surface area (Å²) in [5, 5.41) is 0. The predicted octanol–water partition coefficient (Wildman–Crippen LogP) is 3.34. The van der Waals surface area contributed by atoms with Crippen LogP contribution in [-0.4, -0.2) is 54.4 Å². The van der Waals surface area contributed by atoms with Gasteiger partial charge in [-0.05, 0) is 56.9 Å². The standard InChI is InChI=1S/C21H30N2O3/c1-2-26-19-9-7-17(8-10-19)20(24)23-15-11-18(12-16-23)21(25)22-13-5-3-4-6-14-22/h7-10,18H,2-6,11-16H2,1H3. The summed E-state index contributed by atoms with van der Waals surface area (Å²) in [5.41, 5.74) is 0.686. The lowest BCUT2D eigenvalue weighted by Gasteiger charge is -2.34. The van der Waals surface area contributed by atoms with E-state index in [1.807, 2.05) is 36.1 Å². The Kier molecular flexibility index (Phi) is 6.53. The number of hydrogen-bond acceptors (Lipinski definition) is 3. The Hall–Kier alpha value is -2.04. The number of amides is 2. The van der Waals surface area contributed by atoms with Crippen LogP contribution in [-0.2, 0) is 4.79 Å². The molecule has 0 saturated carbocycles. The summed E-state index contributed by atoms with van der Waals surface area (Å²) in [4.78, 5) is 29.4. The molecule has 2 fully saturated rings. The molecule has 1 aromatic rings. The summed E-state index contributed by atoms with van der Waals surface area (Å²) >= 11 is 0. The monoisotopic (exact) mass is 358 g/mol. The van der Waals surface area contributed by atoms with E-state index in [9.17, 15) is 9.59 Å². The molecule has 0 radical (unpaired) electrons. The highest BCUT2D eigenvalue weighted by molar-refractivity contribution is 5.94. The largest absolute Gasteiger partial charge is 0.494 e. The fourth-order valence-electron chi connectivity index (χ4n) is 3.92. The first-order valence-electron chi connectivity index (χ1n) is 10.00. The highest BCUT2D eigenvalue weighted by atomic mass is 16.5. The molecular weight excluding hydrogens is 328 g/mol. The topological polar surface area (TPSA) is 49.9 Å². The molecule has 2 heterocycles. The summed E-state index contributed by atoms with van der Waals surface area (Å²) in [7, 11) is 0. The molecule has 2 amide bonds. The first-order valence-corrected chi connectivity index (χ1v) is 10.00. The summed E-state index contributed by atoms with van der Waals surface area (Å²) < 4.78 is 5.43. The molecule has 26 heavy (non-hydrogen) atoms. The van der Waals surface area contributed by atoms with Gasteiger partial charge in [0.25, 0.3) is 5.91 Å². The van der Waals surface area contributed by atoms with Crippen molar-refractivity contribution in [1.82, 2.24) is 9.80 Å². The molecule has 0 atom stereocenters. The zero-order valence-corrected chi connectivity index (χ0v) is 15.8. The zero-order valence-electron chi connectivity index (χ0n) is 15.8. The predicted molar refractivity (Wildman–Crippen MR) is 101 cm³/mol. The number of piperidine rings is 1. The zero-order chi connectivity index (χ0) is 18.4. The lowest BCUT2D eigenvalue weighted by atomic mass is 9.94. The van der Waals surface area contributed by atoms with Crippen LogP contribution in [0.2, 0.25) is 0 Å². The van der Waals surface area contributed by atoms with E-state index < -0.39 is 0 Å². The first-order chi connectivity index (χ1) is 12.7. The van der Waals surface area contributed by atoms with Crippen molar-refractivity contribution in [3.63, 3.8) is 0 Å².